The number of nitro groups is 2. The number of ether oxygens (including phenoxy) is 2. The highest BCUT2D eigenvalue weighted by atomic mass is 35.5. The highest BCUT2D eigenvalue weighted by Crippen LogP contribution is 2.51. The van der Waals surface area contributed by atoms with Gasteiger partial charge in [-0.05, 0) is 36.4 Å². The molecule has 2 saturated heterocycles. The molecule has 0 bridgehead atoms. The Hall–Kier alpha value is -4.75. The highest BCUT2D eigenvalue weighted by Gasteiger charge is 2.61. The van der Waals surface area contributed by atoms with Crippen LogP contribution in [-0.2, 0) is 14.4 Å². The van der Waals surface area contributed by atoms with E-state index in [9.17, 15) is 29.8 Å². The van der Waals surface area contributed by atoms with E-state index in [1.165, 1.54) is 68.8 Å². The molecule has 0 N–H and O–H groups in total. The summed E-state index contributed by atoms with van der Waals surface area (Å²) in [7, 11) is 2.65. The molecule has 5 rings (SSSR count). The van der Waals surface area contributed by atoms with Crippen LogP contribution in [0, 0.1) is 26.1 Å². The Morgan fingerprint density at radius 2 is 1.54 bits per heavy atom. The van der Waals surface area contributed by atoms with Crippen LogP contribution in [0.1, 0.15) is 11.6 Å². The average Bonchev–Trinajstić information content (AvgIpc) is 3.44. The Bertz CT molecular complexity index is 1510. The zero-order valence-electron chi connectivity index (χ0n) is 20.3. The van der Waals surface area contributed by atoms with E-state index >= 15 is 0 Å². The van der Waals surface area contributed by atoms with Gasteiger partial charge in [0.1, 0.15) is 12.0 Å². The molecule has 3 aromatic rings. The molecule has 2 aliphatic heterocycles. The fraction of sp³-hybridized carbons (Fsp3) is 0.200. The lowest BCUT2D eigenvalue weighted by Crippen LogP contribution is -2.37. The van der Waals surface area contributed by atoms with Crippen molar-refractivity contribution in [1.82, 2.24) is 0 Å². The van der Waals surface area contributed by atoms with Crippen molar-refractivity contribution in [3.63, 3.8) is 0 Å². The van der Waals surface area contributed by atoms with Crippen molar-refractivity contribution in [2.45, 2.75) is 12.1 Å². The van der Waals surface area contributed by atoms with Crippen LogP contribution in [0.5, 0.6) is 11.5 Å². The molecule has 0 radical (unpaired) electrons. The summed E-state index contributed by atoms with van der Waals surface area (Å²) in [4.78, 5) is 56.6. The number of nitrogens with zero attached hydrogens (tertiary/aromatic N) is 4. The van der Waals surface area contributed by atoms with Crippen molar-refractivity contribution in [2.24, 2.45) is 5.92 Å². The third kappa shape index (κ3) is 4.27. The number of amides is 2. The minimum atomic E-state index is -1.37. The molecule has 3 atom stereocenters. The van der Waals surface area contributed by atoms with Crippen molar-refractivity contribution in [2.75, 3.05) is 24.2 Å². The first kappa shape index (κ1) is 25.9. The number of nitro benzene ring substituents is 2. The molecule has 2 amide bonds. The number of imide groups is 1. The number of rotatable bonds is 7. The molecule has 200 valence electrons. The van der Waals surface area contributed by atoms with Gasteiger partial charge < -0.3 is 9.47 Å². The van der Waals surface area contributed by atoms with Crippen molar-refractivity contribution >= 4 is 46.2 Å². The van der Waals surface area contributed by atoms with E-state index in [1.807, 2.05) is 0 Å². The van der Waals surface area contributed by atoms with Crippen molar-refractivity contribution < 1.29 is 33.7 Å². The van der Waals surface area contributed by atoms with Crippen molar-refractivity contribution in [3.05, 3.63) is 91.5 Å². The SMILES string of the molecule is COc1cc([C@H]2[C@@H]3C(=O)N(c4ccc(Cl)cc4)C(=O)[C@H]3ON2c2cccc([N+](=O)[O-])c2)c([N+](=O)[O-])cc1OC. The Balaban J connectivity index is 1.70. The van der Waals surface area contributed by atoms with E-state index < -0.39 is 45.4 Å². The third-order valence-electron chi connectivity index (χ3n) is 6.54. The molecular formula is C25H19ClN4O9. The number of hydrogen-bond donors (Lipinski definition) is 0. The summed E-state index contributed by atoms with van der Waals surface area (Å²) in [6.45, 7) is 0. The van der Waals surface area contributed by atoms with Gasteiger partial charge in [-0.3, -0.25) is 34.7 Å². The van der Waals surface area contributed by atoms with E-state index in [-0.39, 0.29) is 34.1 Å². The standard InChI is InChI=1S/C25H19ClN4O9/c1-37-19-11-17(18(30(35)36)12-20(19)38-2)22-21-23(39-28(22)15-4-3-5-16(10-15)29(33)34)25(32)27(24(21)31)14-8-6-13(26)7-9-14/h3-12,21-23H,1-2H3/t21-,22-,23-/m0/s1. The van der Waals surface area contributed by atoms with E-state index in [0.29, 0.717) is 5.02 Å². The molecule has 0 saturated carbocycles. The maximum absolute atomic E-state index is 13.8. The predicted octanol–water partition coefficient (Wildman–Crippen LogP) is 4.22. The van der Waals surface area contributed by atoms with Gasteiger partial charge in [0.15, 0.2) is 17.6 Å². The van der Waals surface area contributed by atoms with Gasteiger partial charge in [0.2, 0.25) is 5.91 Å². The third-order valence-corrected chi connectivity index (χ3v) is 6.80. The second-order valence-electron chi connectivity index (χ2n) is 8.61. The smallest absolute Gasteiger partial charge is 0.278 e. The molecule has 2 heterocycles. The number of halogens is 1. The molecule has 13 nitrogen and oxygen atoms in total. The number of hydroxylamine groups is 1. The number of benzene rings is 3. The normalized spacial score (nSPS) is 20.2. The van der Waals surface area contributed by atoms with Crippen LogP contribution in [0.4, 0.5) is 22.7 Å². The fourth-order valence-electron chi connectivity index (χ4n) is 4.82. The van der Waals surface area contributed by atoms with Crippen LogP contribution in [0.2, 0.25) is 5.02 Å². The van der Waals surface area contributed by atoms with Crippen LogP contribution in [0.25, 0.3) is 0 Å². The molecule has 3 aromatic carbocycles. The number of non-ortho nitro benzene ring substituents is 1. The van der Waals surface area contributed by atoms with Gasteiger partial charge in [0.25, 0.3) is 17.3 Å². The van der Waals surface area contributed by atoms with Gasteiger partial charge in [-0.1, -0.05) is 17.7 Å². The van der Waals surface area contributed by atoms with Crippen LogP contribution in [0.3, 0.4) is 0 Å². The number of carbonyl (C=O) groups excluding carboxylic acids is 2. The molecule has 14 heteroatoms. The molecule has 0 aromatic heterocycles. The Kier molecular flexibility index (Phi) is 6.54. The fourth-order valence-corrected chi connectivity index (χ4v) is 4.95. The largest absolute Gasteiger partial charge is 0.493 e. The van der Waals surface area contributed by atoms with Gasteiger partial charge in [0, 0.05) is 17.2 Å². The second-order valence-corrected chi connectivity index (χ2v) is 9.05. The predicted molar refractivity (Wildman–Crippen MR) is 137 cm³/mol. The lowest BCUT2D eigenvalue weighted by atomic mass is 9.89. The number of fused-ring (bicyclic) bond motifs is 1. The van der Waals surface area contributed by atoms with Gasteiger partial charge >= 0.3 is 0 Å². The maximum atomic E-state index is 13.8. The molecular weight excluding hydrogens is 536 g/mol. The minimum Gasteiger partial charge on any atom is -0.493 e. The highest BCUT2D eigenvalue weighted by molar-refractivity contribution is 6.31. The van der Waals surface area contributed by atoms with Crippen LogP contribution >= 0.6 is 11.6 Å². The van der Waals surface area contributed by atoms with Gasteiger partial charge in [-0.25, -0.2) is 9.96 Å². The summed E-state index contributed by atoms with van der Waals surface area (Å²) in [5.41, 5.74) is -0.367. The van der Waals surface area contributed by atoms with E-state index in [2.05, 4.69) is 0 Å². The number of hydrogen-bond acceptors (Lipinski definition) is 10. The maximum Gasteiger partial charge on any atom is 0.278 e. The summed E-state index contributed by atoms with van der Waals surface area (Å²) in [5.74, 6) is -2.42. The quantitative estimate of drug-likeness (QED) is 0.235. The summed E-state index contributed by atoms with van der Waals surface area (Å²) < 4.78 is 10.6. The molecule has 39 heavy (non-hydrogen) atoms. The van der Waals surface area contributed by atoms with Gasteiger partial charge in [-0.2, -0.15) is 0 Å². The molecule has 2 fully saturated rings. The number of anilines is 2. The molecule has 0 spiro atoms. The summed E-state index contributed by atoms with van der Waals surface area (Å²) in [6, 6.07) is 12.6. The lowest BCUT2D eigenvalue weighted by Gasteiger charge is -2.28. The lowest BCUT2D eigenvalue weighted by molar-refractivity contribution is -0.385. The van der Waals surface area contributed by atoms with Crippen LogP contribution in [0.15, 0.2) is 60.7 Å². The zero-order valence-corrected chi connectivity index (χ0v) is 21.1. The second kappa shape index (κ2) is 9.85. The summed E-state index contributed by atoms with van der Waals surface area (Å²) >= 11 is 5.96. The van der Waals surface area contributed by atoms with Gasteiger partial charge in [0.05, 0.1) is 47.1 Å². The van der Waals surface area contributed by atoms with Crippen molar-refractivity contribution in [3.8, 4) is 11.5 Å². The summed E-state index contributed by atoms with van der Waals surface area (Å²) in [5, 5.41) is 25.1. The van der Waals surface area contributed by atoms with Crippen molar-refractivity contribution in [1.29, 1.82) is 0 Å². The monoisotopic (exact) mass is 554 g/mol. The first-order chi connectivity index (χ1) is 18.7. The van der Waals surface area contributed by atoms with Crippen LogP contribution in [-0.4, -0.2) is 42.0 Å². The van der Waals surface area contributed by atoms with Crippen LogP contribution < -0.4 is 19.4 Å². The first-order valence-electron chi connectivity index (χ1n) is 11.4. The Morgan fingerprint density at radius 3 is 2.15 bits per heavy atom. The van der Waals surface area contributed by atoms with E-state index in [1.54, 1.807) is 0 Å². The average molecular weight is 555 g/mol. The van der Waals surface area contributed by atoms with Gasteiger partial charge in [-0.15, -0.1) is 0 Å². The Labute approximate surface area is 225 Å². The number of carbonyl (C=O) groups is 2. The topological polar surface area (TPSA) is 155 Å². The number of methoxy groups -OCH3 is 2. The minimum absolute atomic E-state index is 0.0178. The summed E-state index contributed by atoms with van der Waals surface area (Å²) in [6.07, 6.45) is -1.37. The van der Waals surface area contributed by atoms with E-state index in [0.717, 1.165) is 16.0 Å². The molecule has 2 aliphatic rings. The zero-order chi connectivity index (χ0) is 28.0. The van der Waals surface area contributed by atoms with E-state index in [4.69, 9.17) is 25.9 Å². The molecule has 0 aliphatic carbocycles. The first-order valence-corrected chi connectivity index (χ1v) is 11.8. The Morgan fingerprint density at radius 1 is 0.872 bits per heavy atom. The molecule has 0 unspecified atom stereocenters.